The summed E-state index contributed by atoms with van der Waals surface area (Å²) in [6.45, 7) is 5.39. The van der Waals surface area contributed by atoms with Crippen molar-refractivity contribution >= 4 is 5.97 Å². The van der Waals surface area contributed by atoms with Crippen LogP contribution in [0.25, 0.3) is 0 Å². The van der Waals surface area contributed by atoms with E-state index in [1.54, 1.807) is 0 Å². The van der Waals surface area contributed by atoms with Crippen molar-refractivity contribution in [3.8, 4) is 12.3 Å². The largest absolute Gasteiger partial charge is 0.443 e. The Morgan fingerprint density at radius 1 is 1.21 bits per heavy atom. The second-order valence-electron chi connectivity index (χ2n) is 10.1. The van der Waals surface area contributed by atoms with E-state index in [1.165, 1.54) is 6.92 Å². The lowest BCUT2D eigenvalue weighted by atomic mass is 9.46. The predicted octanol–water partition coefficient (Wildman–Crippen LogP) is 1.16. The molecule has 0 amide bonds. The van der Waals surface area contributed by atoms with Crippen LogP contribution in [0, 0.1) is 40.9 Å². The van der Waals surface area contributed by atoms with Gasteiger partial charge >= 0.3 is 5.97 Å². The molecular weight excluding hydrogens is 372 g/mol. The van der Waals surface area contributed by atoms with Gasteiger partial charge in [-0.25, -0.2) is 0 Å². The van der Waals surface area contributed by atoms with Crippen LogP contribution >= 0.6 is 0 Å². The maximum absolute atomic E-state index is 11.8. The summed E-state index contributed by atoms with van der Waals surface area (Å²) in [5.74, 6) is 1.91. The second kappa shape index (κ2) is 6.55. The molecule has 0 aromatic heterocycles. The highest BCUT2D eigenvalue weighted by molar-refractivity contribution is 5.67. The number of carbonyl (C=O) groups is 1. The number of fused-ring (bicyclic) bond motifs is 5. The molecule has 0 heterocycles. The van der Waals surface area contributed by atoms with Crippen LogP contribution in [0.3, 0.4) is 0 Å². The van der Waals surface area contributed by atoms with Gasteiger partial charge in [-0.05, 0) is 55.3 Å². The molecule has 10 atom stereocenters. The molecule has 4 aliphatic rings. The number of rotatable bonds is 1. The molecule has 0 aromatic carbocycles. The van der Waals surface area contributed by atoms with Gasteiger partial charge in [0.2, 0.25) is 5.60 Å². The van der Waals surface area contributed by atoms with Crippen molar-refractivity contribution in [2.75, 3.05) is 0 Å². The number of aliphatic hydroxyl groups is 4. The number of hydrogen-bond donors (Lipinski definition) is 4. The lowest BCUT2D eigenvalue weighted by Crippen LogP contribution is -2.60. The number of ether oxygens (including phenoxy) is 1. The summed E-state index contributed by atoms with van der Waals surface area (Å²) in [5.41, 5.74) is -1.36. The highest BCUT2D eigenvalue weighted by Gasteiger charge is 2.70. The Bertz CT molecular complexity index is 785. The van der Waals surface area contributed by atoms with Crippen molar-refractivity contribution in [1.82, 2.24) is 0 Å². The molecule has 4 N–H and O–H groups in total. The predicted molar refractivity (Wildman–Crippen MR) is 105 cm³/mol. The summed E-state index contributed by atoms with van der Waals surface area (Å²) in [6, 6.07) is 0. The Hall–Kier alpha value is -1.39. The fourth-order valence-electron chi connectivity index (χ4n) is 7.39. The van der Waals surface area contributed by atoms with E-state index in [9.17, 15) is 25.2 Å². The fraction of sp³-hybridized carbons (Fsp3) is 0.783. The zero-order chi connectivity index (χ0) is 21.4. The molecule has 0 aliphatic heterocycles. The molecule has 160 valence electrons. The van der Waals surface area contributed by atoms with Gasteiger partial charge in [-0.1, -0.05) is 31.4 Å². The molecule has 3 saturated carbocycles. The Morgan fingerprint density at radius 3 is 2.52 bits per heavy atom. The quantitative estimate of drug-likeness (QED) is 0.297. The van der Waals surface area contributed by atoms with Gasteiger partial charge in [0.15, 0.2) is 0 Å². The summed E-state index contributed by atoms with van der Waals surface area (Å²) in [4.78, 5) is 11.8. The minimum atomic E-state index is -1.40. The molecule has 3 fully saturated rings. The van der Waals surface area contributed by atoms with E-state index in [2.05, 4.69) is 12.8 Å². The molecule has 0 saturated heterocycles. The van der Waals surface area contributed by atoms with E-state index in [-0.39, 0.29) is 23.2 Å². The van der Waals surface area contributed by atoms with Gasteiger partial charge in [-0.15, -0.1) is 6.42 Å². The first-order valence-electron chi connectivity index (χ1n) is 10.6. The van der Waals surface area contributed by atoms with Gasteiger partial charge in [0.05, 0.1) is 18.3 Å². The molecular formula is C23H32O6. The van der Waals surface area contributed by atoms with Gasteiger partial charge in [-0.3, -0.25) is 4.79 Å². The maximum Gasteiger partial charge on any atom is 0.304 e. The zero-order valence-electron chi connectivity index (χ0n) is 17.3. The second-order valence-corrected chi connectivity index (χ2v) is 10.1. The molecule has 0 aromatic rings. The first-order valence-corrected chi connectivity index (χ1v) is 10.6. The monoisotopic (exact) mass is 404 g/mol. The van der Waals surface area contributed by atoms with Crippen LogP contribution in [0.4, 0.5) is 0 Å². The number of hydrogen-bond acceptors (Lipinski definition) is 6. The molecule has 29 heavy (non-hydrogen) atoms. The zero-order valence-corrected chi connectivity index (χ0v) is 17.3. The van der Waals surface area contributed by atoms with Crippen LogP contribution in [0.1, 0.15) is 52.9 Å². The van der Waals surface area contributed by atoms with Crippen LogP contribution in [0.15, 0.2) is 11.6 Å². The Balaban J connectivity index is 1.77. The molecule has 6 nitrogen and oxygen atoms in total. The Morgan fingerprint density at radius 2 is 1.90 bits per heavy atom. The Kier molecular flexibility index (Phi) is 4.71. The van der Waals surface area contributed by atoms with Crippen LogP contribution in [-0.4, -0.2) is 56.4 Å². The van der Waals surface area contributed by atoms with E-state index in [4.69, 9.17) is 11.2 Å². The van der Waals surface area contributed by atoms with Crippen LogP contribution in [0.5, 0.6) is 0 Å². The van der Waals surface area contributed by atoms with Crippen LogP contribution in [0.2, 0.25) is 0 Å². The molecule has 0 bridgehead atoms. The molecule has 0 radical (unpaired) electrons. The summed E-state index contributed by atoms with van der Waals surface area (Å²) in [7, 11) is 0. The first-order chi connectivity index (χ1) is 13.5. The van der Waals surface area contributed by atoms with E-state index in [0.717, 1.165) is 12.0 Å². The topological polar surface area (TPSA) is 107 Å². The number of esters is 1. The smallest absolute Gasteiger partial charge is 0.304 e. The average Bonchev–Trinajstić information content (AvgIpc) is 2.85. The molecule has 0 spiro atoms. The minimum absolute atomic E-state index is 0.0934. The maximum atomic E-state index is 11.8. The van der Waals surface area contributed by atoms with Crippen LogP contribution < -0.4 is 0 Å². The standard InChI is InChI=1S/C23H32O6/c1-5-23(29-12(2)24)19(28)10-15-20-14(6-7-22(15,23)4)21(3)11-18(27)16(25)8-13(21)9-17(20)26/h1,9,14-20,25-28H,6-8,10-11H2,2-4H3/t14-,15+,16?,17?,18?,19?,20-,21+,22+,23?/m1/s1. The third kappa shape index (κ3) is 2.61. The lowest BCUT2D eigenvalue weighted by Gasteiger charge is -2.60. The third-order valence-electron chi connectivity index (χ3n) is 8.86. The van der Waals surface area contributed by atoms with Crippen molar-refractivity contribution in [2.24, 2.45) is 28.6 Å². The van der Waals surface area contributed by atoms with Crippen molar-refractivity contribution in [3.63, 3.8) is 0 Å². The Labute approximate surface area is 172 Å². The van der Waals surface area contributed by atoms with E-state index in [1.807, 2.05) is 13.0 Å². The van der Waals surface area contributed by atoms with E-state index < -0.39 is 41.4 Å². The van der Waals surface area contributed by atoms with Crippen molar-refractivity contribution in [1.29, 1.82) is 0 Å². The van der Waals surface area contributed by atoms with Gasteiger partial charge < -0.3 is 25.2 Å². The summed E-state index contributed by atoms with van der Waals surface area (Å²) >= 11 is 0. The normalized spacial score (nSPS) is 53.7. The van der Waals surface area contributed by atoms with Crippen molar-refractivity contribution < 1.29 is 30.0 Å². The minimum Gasteiger partial charge on any atom is -0.443 e. The van der Waals surface area contributed by atoms with Gasteiger partial charge in [0.1, 0.15) is 6.10 Å². The number of aliphatic hydroxyl groups excluding tert-OH is 4. The highest BCUT2D eigenvalue weighted by Crippen LogP contribution is 2.67. The fourth-order valence-corrected chi connectivity index (χ4v) is 7.39. The summed E-state index contributed by atoms with van der Waals surface area (Å²) < 4.78 is 5.62. The molecule has 4 rings (SSSR count). The van der Waals surface area contributed by atoms with Crippen molar-refractivity contribution in [3.05, 3.63) is 11.6 Å². The molecule has 5 unspecified atom stereocenters. The number of carbonyl (C=O) groups excluding carboxylic acids is 1. The van der Waals surface area contributed by atoms with Crippen molar-refractivity contribution in [2.45, 2.75) is 82.9 Å². The van der Waals surface area contributed by atoms with Gasteiger partial charge in [-0.2, -0.15) is 0 Å². The summed E-state index contributed by atoms with van der Waals surface area (Å²) in [5, 5.41) is 42.6. The van der Waals surface area contributed by atoms with Gasteiger partial charge in [0.25, 0.3) is 0 Å². The van der Waals surface area contributed by atoms with E-state index in [0.29, 0.717) is 25.7 Å². The van der Waals surface area contributed by atoms with E-state index >= 15 is 0 Å². The first kappa shape index (κ1) is 20.9. The molecule has 6 heteroatoms. The lowest BCUT2D eigenvalue weighted by molar-refractivity contribution is -0.183. The molecule has 4 aliphatic carbocycles. The van der Waals surface area contributed by atoms with Gasteiger partial charge in [0, 0.05) is 12.3 Å². The third-order valence-corrected chi connectivity index (χ3v) is 8.86. The number of terminal acetylenes is 1. The van der Waals surface area contributed by atoms with Crippen LogP contribution in [-0.2, 0) is 9.53 Å². The average molecular weight is 405 g/mol. The summed E-state index contributed by atoms with van der Waals surface area (Å²) in [6.07, 6.45) is 6.94. The SMILES string of the molecule is C#CC1(OC(C)=O)C(O)C[C@H]2[C@@H]3C(O)C=C4CC(O)C(O)C[C@]4(C)[C@@H]3CC[C@@]21C. The highest BCUT2D eigenvalue weighted by atomic mass is 16.6.